The maximum absolute atomic E-state index is 12.7. The topological polar surface area (TPSA) is 72.6 Å². The fraction of sp³-hybridized carbons (Fsp3) is 0.538. The van der Waals surface area contributed by atoms with Crippen LogP contribution < -0.4 is 0 Å². The number of amides is 1. The number of tetrazole rings is 1. The van der Waals surface area contributed by atoms with Crippen LogP contribution in [-0.4, -0.2) is 55.6 Å². The highest BCUT2D eigenvalue weighted by Gasteiger charge is 2.34. The first-order valence-electron chi connectivity index (χ1n) is 6.60. The lowest BCUT2D eigenvalue weighted by Crippen LogP contribution is -2.53. The van der Waals surface area contributed by atoms with Crippen molar-refractivity contribution in [2.75, 3.05) is 13.1 Å². The molecule has 106 valence electrons. The molecule has 3 heterocycles. The van der Waals surface area contributed by atoms with Gasteiger partial charge in [0.25, 0.3) is 5.91 Å². The molecular weight excluding hydrogens is 258 g/mol. The molecule has 0 radical (unpaired) electrons. The summed E-state index contributed by atoms with van der Waals surface area (Å²) >= 11 is 0. The lowest BCUT2D eigenvalue weighted by atomic mass is 10.0. The van der Waals surface area contributed by atoms with Gasteiger partial charge in [0.15, 0.2) is 5.65 Å². The molecule has 1 saturated heterocycles. The molecule has 1 aliphatic rings. The summed E-state index contributed by atoms with van der Waals surface area (Å²) in [6, 6.07) is 3.52. The van der Waals surface area contributed by atoms with Crippen LogP contribution in [0.4, 0.5) is 0 Å². The van der Waals surface area contributed by atoms with Gasteiger partial charge in [0.05, 0.1) is 17.3 Å². The van der Waals surface area contributed by atoms with Crippen LogP contribution >= 0.6 is 0 Å². The molecule has 1 unspecified atom stereocenters. The molecule has 1 fully saturated rings. The van der Waals surface area contributed by atoms with Crippen molar-refractivity contribution in [1.82, 2.24) is 24.9 Å². The number of hydrogen-bond acceptors (Lipinski definition) is 5. The molecule has 7 heteroatoms. The number of nitrogens with zero attached hydrogens (tertiary/aromatic N) is 5. The Kier molecular flexibility index (Phi) is 2.93. The number of fused-ring (bicyclic) bond motifs is 1. The molecule has 7 nitrogen and oxygen atoms in total. The third-order valence-electron chi connectivity index (χ3n) is 3.31. The Balaban J connectivity index is 1.94. The first kappa shape index (κ1) is 13.0. The van der Waals surface area contributed by atoms with Gasteiger partial charge in [-0.1, -0.05) is 0 Å². The summed E-state index contributed by atoms with van der Waals surface area (Å²) in [5, 5.41) is 11.3. The summed E-state index contributed by atoms with van der Waals surface area (Å²) < 4.78 is 7.33. The molecule has 1 aliphatic heterocycles. The van der Waals surface area contributed by atoms with Gasteiger partial charge in [0, 0.05) is 19.3 Å². The van der Waals surface area contributed by atoms with Gasteiger partial charge >= 0.3 is 0 Å². The summed E-state index contributed by atoms with van der Waals surface area (Å²) in [6.45, 7) is 7.08. The maximum Gasteiger partial charge on any atom is 0.257 e. The Morgan fingerprint density at radius 1 is 1.50 bits per heavy atom. The predicted molar refractivity (Wildman–Crippen MR) is 71.3 cm³/mol. The average Bonchev–Trinajstić information content (AvgIpc) is 2.83. The van der Waals surface area contributed by atoms with Crippen molar-refractivity contribution in [3.8, 4) is 0 Å². The first-order valence-corrected chi connectivity index (χ1v) is 6.60. The third-order valence-corrected chi connectivity index (χ3v) is 3.31. The van der Waals surface area contributed by atoms with E-state index in [1.165, 1.54) is 4.52 Å². The van der Waals surface area contributed by atoms with E-state index in [0.29, 0.717) is 24.3 Å². The molecular formula is C13H17N5O2. The standard InChI is InChI=1S/C13H17N5O2/c1-9-7-17(8-13(2,3)20-9)12(19)10-5-4-6-18-11(10)14-15-16-18/h4-6,9H,7-8H2,1-3H3. The highest BCUT2D eigenvalue weighted by atomic mass is 16.5. The van der Waals surface area contributed by atoms with E-state index in [1.54, 1.807) is 23.2 Å². The summed E-state index contributed by atoms with van der Waals surface area (Å²) in [4.78, 5) is 14.5. The number of ether oxygens (including phenoxy) is 1. The highest BCUT2D eigenvalue weighted by Crippen LogP contribution is 2.22. The van der Waals surface area contributed by atoms with Gasteiger partial charge in [0.2, 0.25) is 0 Å². The maximum atomic E-state index is 12.7. The normalized spacial score (nSPS) is 22.1. The van der Waals surface area contributed by atoms with Gasteiger partial charge in [-0.15, -0.1) is 5.10 Å². The van der Waals surface area contributed by atoms with Crippen LogP contribution in [0.3, 0.4) is 0 Å². The second-order valence-corrected chi connectivity index (χ2v) is 5.74. The minimum atomic E-state index is -0.343. The van der Waals surface area contributed by atoms with Crippen molar-refractivity contribution < 1.29 is 9.53 Å². The minimum absolute atomic E-state index is 0.0124. The van der Waals surface area contributed by atoms with Crippen molar-refractivity contribution in [3.63, 3.8) is 0 Å². The predicted octanol–water partition coefficient (Wildman–Crippen LogP) is 0.764. The number of rotatable bonds is 1. The SMILES string of the molecule is CC1CN(C(=O)c2cccn3nnnc23)CC(C)(C)O1. The van der Waals surface area contributed by atoms with Gasteiger partial charge in [-0.25, -0.2) is 0 Å². The van der Waals surface area contributed by atoms with E-state index < -0.39 is 0 Å². The third kappa shape index (κ3) is 2.24. The second kappa shape index (κ2) is 4.52. The first-order chi connectivity index (χ1) is 9.46. The van der Waals surface area contributed by atoms with E-state index >= 15 is 0 Å². The molecule has 2 aromatic rings. The van der Waals surface area contributed by atoms with E-state index in [4.69, 9.17) is 4.74 Å². The largest absolute Gasteiger partial charge is 0.369 e. The van der Waals surface area contributed by atoms with Gasteiger partial charge in [0.1, 0.15) is 0 Å². The molecule has 0 aliphatic carbocycles. The Hall–Kier alpha value is -2.02. The van der Waals surface area contributed by atoms with Crippen LogP contribution in [0.5, 0.6) is 0 Å². The fourth-order valence-electron chi connectivity index (χ4n) is 2.71. The Morgan fingerprint density at radius 2 is 2.30 bits per heavy atom. The molecule has 20 heavy (non-hydrogen) atoms. The van der Waals surface area contributed by atoms with Gasteiger partial charge in [-0.05, 0) is 43.3 Å². The molecule has 0 saturated carbocycles. The van der Waals surface area contributed by atoms with Crippen molar-refractivity contribution >= 4 is 11.6 Å². The van der Waals surface area contributed by atoms with Crippen LogP contribution in [0.1, 0.15) is 31.1 Å². The second-order valence-electron chi connectivity index (χ2n) is 5.74. The van der Waals surface area contributed by atoms with E-state index in [-0.39, 0.29) is 17.6 Å². The van der Waals surface area contributed by atoms with E-state index in [1.807, 2.05) is 20.8 Å². The van der Waals surface area contributed by atoms with Crippen molar-refractivity contribution in [2.45, 2.75) is 32.5 Å². The molecule has 0 spiro atoms. The molecule has 0 N–H and O–H groups in total. The summed E-state index contributed by atoms with van der Waals surface area (Å²) in [7, 11) is 0. The van der Waals surface area contributed by atoms with Crippen LogP contribution in [0.25, 0.3) is 5.65 Å². The average molecular weight is 275 g/mol. The van der Waals surface area contributed by atoms with Crippen LogP contribution in [0.15, 0.2) is 18.3 Å². The van der Waals surface area contributed by atoms with Gasteiger partial charge < -0.3 is 9.64 Å². The van der Waals surface area contributed by atoms with Crippen LogP contribution in [0.2, 0.25) is 0 Å². The zero-order valence-corrected chi connectivity index (χ0v) is 11.8. The number of pyridine rings is 1. The minimum Gasteiger partial charge on any atom is -0.369 e. The lowest BCUT2D eigenvalue weighted by molar-refractivity contribution is -0.118. The molecule has 3 rings (SSSR count). The number of carbonyl (C=O) groups excluding carboxylic acids is 1. The van der Waals surface area contributed by atoms with Crippen molar-refractivity contribution in [2.24, 2.45) is 0 Å². The van der Waals surface area contributed by atoms with Gasteiger partial charge in [-0.3, -0.25) is 4.79 Å². The lowest BCUT2D eigenvalue weighted by Gasteiger charge is -2.41. The summed E-state index contributed by atoms with van der Waals surface area (Å²) in [5.41, 5.74) is 0.654. The number of morpholine rings is 1. The Morgan fingerprint density at radius 3 is 3.05 bits per heavy atom. The van der Waals surface area contributed by atoms with Crippen molar-refractivity contribution in [1.29, 1.82) is 0 Å². The highest BCUT2D eigenvalue weighted by molar-refractivity contribution is 5.99. The smallest absolute Gasteiger partial charge is 0.257 e. The molecule has 1 atom stereocenters. The zero-order chi connectivity index (χ0) is 14.3. The van der Waals surface area contributed by atoms with E-state index in [2.05, 4.69) is 15.5 Å². The van der Waals surface area contributed by atoms with Crippen LogP contribution in [0, 0.1) is 0 Å². The monoisotopic (exact) mass is 275 g/mol. The number of aromatic nitrogens is 4. The summed E-state index contributed by atoms with van der Waals surface area (Å²) in [6.07, 6.45) is 1.73. The van der Waals surface area contributed by atoms with E-state index in [9.17, 15) is 4.79 Å². The van der Waals surface area contributed by atoms with Crippen molar-refractivity contribution in [3.05, 3.63) is 23.9 Å². The Labute approximate surface area is 116 Å². The molecule has 0 bridgehead atoms. The quantitative estimate of drug-likeness (QED) is 0.768. The van der Waals surface area contributed by atoms with E-state index in [0.717, 1.165) is 0 Å². The molecule has 0 aromatic carbocycles. The summed E-state index contributed by atoms with van der Waals surface area (Å²) in [5.74, 6) is -0.0615. The van der Waals surface area contributed by atoms with Crippen LogP contribution in [-0.2, 0) is 4.74 Å². The molecule has 1 amide bonds. The zero-order valence-electron chi connectivity index (χ0n) is 11.8. The number of carbonyl (C=O) groups is 1. The van der Waals surface area contributed by atoms with Gasteiger partial charge in [-0.2, -0.15) is 4.52 Å². The number of hydrogen-bond donors (Lipinski definition) is 0. The molecule has 2 aromatic heterocycles. The Bertz CT molecular complexity index is 651. The fourth-order valence-corrected chi connectivity index (χ4v) is 2.71.